The largest absolute Gasteiger partial charge is 0.497 e. The van der Waals surface area contributed by atoms with Gasteiger partial charge in [0, 0.05) is 38.5 Å². The van der Waals surface area contributed by atoms with Crippen LogP contribution in [0.25, 0.3) is 0 Å². The zero-order valence-electron chi connectivity index (χ0n) is 16.7. The van der Waals surface area contributed by atoms with Crippen molar-refractivity contribution in [1.82, 2.24) is 15.5 Å². The number of nitrogens with zero attached hydrogens (tertiary/aromatic N) is 2. The predicted octanol–water partition coefficient (Wildman–Crippen LogP) is 2.98. The van der Waals surface area contributed by atoms with E-state index in [2.05, 4.69) is 39.6 Å². The molecule has 0 spiro atoms. The molecule has 7 heteroatoms. The molecule has 1 aliphatic heterocycles. The fourth-order valence-corrected chi connectivity index (χ4v) is 3.14. The van der Waals surface area contributed by atoms with Gasteiger partial charge in [0.2, 0.25) is 5.91 Å². The Morgan fingerprint density at radius 2 is 2.00 bits per heavy atom. The quantitative estimate of drug-likeness (QED) is 0.336. The number of ether oxygens (including phenoxy) is 1. The van der Waals surface area contributed by atoms with Gasteiger partial charge in [-0.05, 0) is 37.5 Å². The molecule has 1 amide bonds. The molecule has 0 aliphatic carbocycles. The van der Waals surface area contributed by atoms with Gasteiger partial charge in [0.25, 0.3) is 0 Å². The molecule has 1 atom stereocenters. The topological polar surface area (TPSA) is 66.0 Å². The van der Waals surface area contributed by atoms with Crippen molar-refractivity contribution in [2.24, 2.45) is 4.99 Å². The lowest BCUT2D eigenvalue weighted by molar-refractivity contribution is -0.120. The van der Waals surface area contributed by atoms with Gasteiger partial charge in [0.1, 0.15) is 5.75 Å². The number of likely N-dealkylation sites (tertiary alicyclic amines) is 1. The van der Waals surface area contributed by atoms with Crippen LogP contribution in [0.15, 0.2) is 29.3 Å². The maximum Gasteiger partial charge on any atom is 0.221 e. The van der Waals surface area contributed by atoms with Crippen LogP contribution in [0.5, 0.6) is 5.75 Å². The summed E-state index contributed by atoms with van der Waals surface area (Å²) in [6.45, 7) is 8.12. The van der Waals surface area contributed by atoms with Crippen molar-refractivity contribution >= 4 is 35.8 Å². The molecule has 6 nitrogen and oxygen atoms in total. The van der Waals surface area contributed by atoms with Crippen LogP contribution in [0.3, 0.4) is 0 Å². The van der Waals surface area contributed by atoms with Crippen LogP contribution >= 0.6 is 24.0 Å². The zero-order valence-corrected chi connectivity index (χ0v) is 19.0. The average Bonchev–Trinajstić information content (AvgIpc) is 3.15. The van der Waals surface area contributed by atoms with Gasteiger partial charge < -0.3 is 20.3 Å². The van der Waals surface area contributed by atoms with E-state index in [9.17, 15) is 4.79 Å². The molecular formula is C20H33IN4O2. The number of halogens is 1. The zero-order chi connectivity index (χ0) is 18.8. The van der Waals surface area contributed by atoms with Crippen LogP contribution in [0, 0.1) is 0 Å². The molecule has 0 aromatic heterocycles. The van der Waals surface area contributed by atoms with Crippen molar-refractivity contribution in [3.8, 4) is 5.75 Å². The van der Waals surface area contributed by atoms with Crippen molar-refractivity contribution in [3.63, 3.8) is 0 Å². The van der Waals surface area contributed by atoms with Gasteiger partial charge in [-0.1, -0.05) is 19.1 Å². The van der Waals surface area contributed by atoms with Crippen LogP contribution in [-0.4, -0.2) is 56.6 Å². The van der Waals surface area contributed by atoms with E-state index in [1.54, 1.807) is 7.11 Å². The second-order valence-corrected chi connectivity index (χ2v) is 6.54. The van der Waals surface area contributed by atoms with Crippen molar-refractivity contribution < 1.29 is 9.53 Å². The third-order valence-corrected chi connectivity index (χ3v) is 4.58. The molecule has 27 heavy (non-hydrogen) atoms. The van der Waals surface area contributed by atoms with E-state index in [1.807, 2.05) is 19.1 Å². The number of hydrogen-bond acceptors (Lipinski definition) is 3. The lowest BCUT2D eigenvalue weighted by atomic mass is 9.98. The van der Waals surface area contributed by atoms with Gasteiger partial charge in [0.15, 0.2) is 5.96 Å². The molecule has 0 saturated carbocycles. The van der Waals surface area contributed by atoms with Gasteiger partial charge in [-0.15, -0.1) is 24.0 Å². The Bertz CT molecular complexity index is 592. The highest BCUT2D eigenvalue weighted by Crippen LogP contribution is 2.28. The molecule has 152 valence electrons. The lowest BCUT2D eigenvalue weighted by Crippen LogP contribution is -2.40. The molecule has 2 rings (SSSR count). The summed E-state index contributed by atoms with van der Waals surface area (Å²) in [7, 11) is 1.69. The minimum atomic E-state index is 0. The maximum atomic E-state index is 11.7. The number of nitrogens with one attached hydrogen (secondary N) is 2. The van der Waals surface area contributed by atoms with Crippen molar-refractivity contribution in [2.75, 3.05) is 39.8 Å². The second-order valence-electron chi connectivity index (χ2n) is 6.54. The summed E-state index contributed by atoms with van der Waals surface area (Å²) in [6, 6.07) is 8.34. The summed E-state index contributed by atoms with van der Waals surface area (Å²) in [5, 5.41) is 6.25. The molecular weight excluding hydrogens is 455 g/mol. The standard InChI is InChI=1S/C20H32N4O2.HI/c1-4-12-22-19(25)10-13-23-20(21-5-2)24-14-11-17(15-24)16-6-8-18(26-3)9-7-16;/h6-9,17H,4-5,10-15H2,1-3H3,(H,21,23)(H,22,25);1H. The molecule has 0 radical (unpaired) electrons. The Hall–Kier alpha value is -1.51. The minimum absolute atomic E-state index is 0. The molecule has 1 heterocycles. The first kappa shape index (κ1) is 23.5. The Balaban J connectivity index is 0.00000364. The molecule has 0 bridgehead atoms. The van der Waals surface area contributed by atoms with Crippen LogP contribution < -0.4 is 15.4 Å². The summed E-state index contributed by atoms with van der Waals surface area (Å²) in [6.07, 6.45) is 2.50. The smallest absolute Gasteiger partial charge is 0.221 e. The number of rotatable bonds is 8. The number of benzene rings is 1. The van der Waals surface area contributed by atoms with Crippen molar-refractivity contribution in [2.45, 2.75) is 39.0 Å². The molecule has 2 N–H and O–H groups in total. The molecule has 1 aromatic carbocycles. The number of guanidine groups is 1. The Morgan fingerprint density at radius 3 is 2.63 bits per heavy atom. The number of hydrogen-bond donors (Lipinski definition) is 2. The lowest BCUT2D eigenvalue weighted by Gasteiger charge is -2.21. The fraction of sp³-hybridized carbons (Fsp3) is 0.600. The number of aliphatic imine (C=N–C) groups is 1. The average molecular weight is 488 g/mol. The van der Waals surface area contributed by atoms with E-state index in [0.717, 1.165) is 50.7 Å². The molecule has 1 aromatic rings. The highest BCUT2D eigenvalue weighted by Gasteiger charge is 2.26. The third kappa shape index (κ3) is 7.56. The van der Waals surface area contributed by atoms with E-state index >= 15 is 0 Å². The molecule has 1 unspecified atom stereocenters. The third-order valence-electron chi connectivity index (χ3n) is 4.58. The van der Waals surface area contributed by atoms with Crippen LogP contribution in [0.2, 0.25) is 0 Å². The Morgan fingerprint density at radius 1 is 1.26 bits per heavy atom. The first-order valence-electron chi connectivity index (χ1n) is 9.61. The second kappa shape index (κ2) is 12.8. The van der Waals surface area contributed by atoms with E-state index in [-0.39, 0.29) is 29.9 Å². The molecule has 1 saturated heterocycles. The summed E-state index contributed by atoms with van der Waals surface area (Å²) >= 11 is 0. The normalized spacial score (nSPS) is 16.6. The summed E-state index contributed by atoms with van der Waals surface area (Å²) in [5.41, 5.74) is 1.34. The summed E-state index contributed by atoms with van der Waals surface area (Å²) < 4.78 is 5.24. The van der Waals surface area contributed by atoms with Gasteiger partial charge in [-0.25, -0.2) is 0 Å². The maximum absolute atomic E-state index is 11.7. The monoisotopic (exact) mass is 488 g/mol. The number of methoxy groups -OCH3 is 1. The van der Waals surface area contributed by atoms with E-state index in [1.165, 1.54) is 5.56 Å². The highest BCUT2D eigenvalue weighted by molar-refractivity contribution is 14.0. The van der Waals surface area contributed by atoms with Crippen molar-refractivity contribution in [1.29, 1.82) is 0 Å². The summed E-state index contributed by atoms with van der Waals surface area (Å²) in [4.78, 5) is 18.7. The number of carbonyl (C=O) groups is 1. The first-order valence-corrected chi connectivity index (χ1v) is 9.61. The van der Waals surface area contributed by atoms with Crippen LogP contribution in [0.4, 0.5) is 0 Å². The van der Waals surface area contributed by atoms with E-state index in [0.29, 0.717) is 18.9 Å². The fourth-order valence-electron chi connectivity index (χ4n) is 3.14. The van der Waals surface area contributed by atoms with E-state index in [4.69, 9.17) is 4.74 Å². The van der Waals surface area contributed by atoms with Gasteiger partial charge in [-0.3, -0.25) is 9.79 Å². The van der Waals surface area contributed by atoms with Gasteiger partial charge >= 0.3 is 0 Å². The SMILES string of the molecule is CCCNC(=O)CCN=C(NCC)N1CCC(c2ccc(OC)cc2)C1.I. The van der Waals surface area contributed by atoms with Gasteiger partial charge in [0.05, 0.1) is 13.7 Å². The molecule has 1 fully saturated rings. The molecule has 1 aliphatic rings. The summed E-state index contributed by atoms with van der Waals surface area (Å²) in [5.74, 6) is 2.37. The first-order chi connectivity index (χ1) is 12.7. The predicted molar refractivity (Wildman–Crippen MR) is 121 cm³/mol. The van der Waals surface area contributed by atoms with Crippen molar-refractivity contribution in [3.05, 3.63) is 29.8 Å². The number of amides is 1. The Kier molecular flexibility index (Phi) is 11.2. The van der Waals surface area contributed by atoms with Gasteiger partial charge in [-0.2, -0.15) is 0 Å². The Labute approximate surface area is 180 Å². The number of carbonyl (C=O) groups excluding carboxylic acids is 1. The highest BCUT2D eigenvalue weighted by atomic mass is 127. The van der Waals surface area contributed by atoms with E-state index < -0.39 is 0 Å². The minimum Gasteiger partial charge on any atom is -0.497 e. The van der Waals surface area contributed by atoms with Crippen LogP contribution in [-0.2, 0) is 4.79 Å². The van der Waals surface area contributed by atoms with Crippen LogP contribution in [0.1, 0.15) is 44.6 Å².